The first kappa shape index (κ1) is 32.4. The maximum Gasteiger partial charge on any atom is 0.0726 e. The average molecular weight is 729 g/mol. The van der Waals surface area contributed by atoms with Crippen LogP contribution in [0.1, 0.15) is 53.0 Å². The lowest BCUT2D eigenvalue weighted by atomic mass is 9.70. The molecule has 57 heavy (non-hydrogen) atoms. The number of fused-ring (bicyclic) bond motifs is 13. The molecule has 8 aromatic carbocycles. The van der Waals surface area contributed by atoms with E-state index < -0.39 is 5.41 Å². The van der Waals surface area contributed by atoms with Crippen LogP contribution in [0.25, 0.3) is 49.7 Å². The van der Waals surface area contributed by atoms with Gasteiger partial charge in [0.25, 0.3) is 0 Å². The van der Waals surface area contributed by atoms with Crippen LogP contribution in [0.2, 0.25) is 0 Å². The molecule has 270 valence electrons. The summed E-state index contributed by atoms with van der Waals surface area (Å²) in [6.07, 6.45) is 8.12. The van der Waals surface area contributed by atoms with Gasteiger partial charge in [0.2, 0.25) is 0 Å². The van der Waals surface area contributed by atoms with E-state index in [1.165, 1.54) is 84.0 Å². The summed E-state index contributed by atoms with van der Waals surface area (Å²) in [7, 11) is 0. The Morgan fingerprint density at radius 1 is 0.439 bits per heavy atom. The summed E-state index contributed by atoms with van der Waals surface area (Å²) in [5.41, 5.74) is 18.9. The quantitative estimate of drug-likeness (QED) is 0.160. The van der Waals surface area contributed by atoms with Crippen LogP contribution < -0.4 is 4.90 Å². The molecule has 2 nitrogen and oxygen atoms in total. The van der Waals surface area contributed by atoms with Crippen molar-refractivity contribution in [3.05, 3.63) is 228 Å². The number of allylic oxidation sites excluding steroid dienone is 2. The van der Waals surface area contributed by atoms with Crippen LogP contribution >= 0.6 is 0 Å². The molecule has 1 atom stereocenters. The van der Waals surface area contributed by atoms with E-state index in [1.807, 2.05) is 0 Å². The summed E-state index contributed by atoms with van der Waals surface area (Å²) in [5, 5.41) is 2.52. The standard InChI is InChI=1S/C55H40N2/c1-3-17-37(18-4-1)41-21-10-15-29-52(41)57-53-30-16-11-25-46(53)47-35-39(32-34-54(47)57)56(38-19-5-2-6-20-38)40-31-33-45-44-24-9-14-28-50(44)55(51(45)36-40)48-26-12-7-22-42(48)43-23-8-13-27-49(43)55/h1-3,5-16,19-37H,4,17-18H2. The van der Waals surface area contributed by atoms with E-state index in [9.17, 15) is 0 Å². The van der Waals surface area contributed by atoms with Gasteiger partial charge in [0.1, 0.15) is 0 Å². The van der Waals surface area contributed by atoms with Gasteiger partial charge in [-0.25, -0.2) is 0 Å². The number of para-hydroxylation sites is 3. The summed E-state index contributed by atoms with van der Waals surface area (Å²) in [6.45, 7) is 0. The fourth-order valence-electron chi connectivity index (χ4n) is 10.7. The molecule has 0 saturated heterocycles. The maximum absolute atomic E-state index is 2.51. The molecular weight excluding hydrogens is 689 g/mol. The van der Waals surface area contributed by atoms with Crippen LogP contribution in [0.15, 0.2) is 200 Å². The number of hydrogen-bond donors (Lipinski definition) is 0. The number of hydrogen-bond acceptors (Lipinski definition) is 1. The highest BCUT2D eigenvalue weighted by molar-refractivity contribution is 6.11. The highest BCUT2D eigenvalue weighted by Gasteiger charge is 2.51. The minimum atomic E-state index is -0.406. The van der Waals surface area contributed by atoms with Crippen molar-refractivity contribution in [1.82, 2.24) is 4.57 Å². The molecule has 3 aliphatic rings. The van der Waals surface area contributed by atoms with Crippen molar-refractivity contribution in [2.24, 2.45) is 0 Å². The van der Waals surface area contributed by atoms with Gasteiger partial charge in [-0.15, -0.1) is 0 Å². The summed E-state index contributed by atoms with van der Waals surface area (Å²) in [5.74, 6) is 0.517. The van der Waals surface area contributed by atoms with Gasteiger partial charge < -0.3 is 9.47 Å². The van der Waals surface area contributed by atoms with Gasteiger partial charge >= 0.3 is 0 Å². The Morgan fingerprint density at radius 3 is 1.74 bits per heavy atom. The predicted molar refractivity (Wildman–Crippen MR) is 237 cm³/mol. The van der Waals surface area contributed by atoms with E-state index in [4.69, 9.17) is 0 Å². The lowest BCUT2D eigenvalue weighted by Crippen LogP contribution is -2.26. The fourth-order valence-corrected chi connectivity index (χ4v) is 10.7. The minimum Gasteiger partial charge on any atom is -0.310 e. The Balaban J connectivity index is 1.08. The first-order valence-electron chi connectivity index (χ1n) is 20.4. The summed E-state index contributed by atoms with van der Waals surface area (Å²) in [4.78, 5) is 2.46. The van der Waals surface area contributed by atoms with Gasteiger partial charge in [-0.3, -0.25) is 0 Å². The SMILES string of the molecule is C1=CCC(c2ccccc2-n2c3ccccc3c3cc(N(c4ccccc4)c4ccc5c(c4)C4(c6ccccc6-c6ccccc64)c4ccccc4-5)ccc32)CC1. The number of anilines is 3. The predicted octanol–water partition coefficient (Wildman–Crippen LogP) is 14.4. The van der Waals surface area contributed by atoms with Crippen LogP contribution in [-0.4, -0.2) is 4.57 Å². The average Bonchev–Trinajstić information content (AvgIpc) is 3.89. The van der Waals surface area contributed by atoms with Crippen LogP contribution in [0.5, 0.6) is 0 Å². The van der Waals surface area contributed by atoms with Crippen molar-refractivity contribution in [2.75, 3.05) is 4.90 Å². The largest absolute Gasteiger partial charge is 0.310 e. The summed E-state index contributed by atoms with van der Waals surface area (Å²) < 4.78 is 2.51. The third-order valence-corrected chi connectivity index (χ3v) is 13.1. The molecule has 0 fully saturated rings. The molecule has 3 aliphatic carbocycles. The molecule has 2 heteroatoms. The van der Waals surface area contributed by atoms with Crippen molar-refractivity contribution < 1.29 is 0 Å². The van der Waals surface area contributed by atoms with Gasteiger partial charge in [0.15, 0.2) is 0 Å². The van der Waals surface area contributed by atoms with E-state index in [2.05, 4.69) is 210 Å². The van der Waals surface area contributed by atoms with E-state index in [1.54, 1.807) is 0 Å². The van der Waals surface area contributed by atoms with Gasteiger partial charge in [0.05, 0.1) is 16.4 Å². The molecule has 9 aromatic rings. The molecule has 1 spiro atoms. The second-order valence-electron chi connectivity index (χ2n) is 15.9. The first-order chi connectivity index (χ1) is 28.3. The lowest BCUT2D eigenvalue weighted by molar-refractivity contribution is 0.615. The van der Waals surface area contributed by atoms with Crippen molar-refractivity contribution in [1.29, 1.82) is 0 Å². The van der Waals surface area contributed by atoms with Gasteiger partial charge in [-0.2, -0.15) is 0 Å². The molecular formula is C55H40N2. The van der Waals surface area contributed by atoms with Crippen molar-refractivity contribution >= 4 is 38.9 Å². The summed E-state index contributed by atoms with van der Waals surface area (Å²) in [6, 6.07) is 70.4. The second kappa shape index (κ2) is 12.6. The van der Waals surface area contributed by atoms with E-state index in [0.29, 0.717) is 5.92 Å². The molecule has 0 saturated carbocycles. The molecule has 1 unspecified atom stereocenters. The van der Waals surface area contributed by atoms with Crippen LogP contribution in [0.3, 0.4) is 0 Å². The second-order valence-corrected chi connectivity index (χ2v) is 15.9. The Hall–Kier alpha value is -6.90. The zero-order chi connectivity index (χ0) is 37.5. The summed E-state index contributed by atoms with van der Waals surface area (Å²) >= 11 is 0. The Morgan fingerprint density at radius 2 is 1.02 bits per heavy atom. The monoisotopic (exact) mass is 728 g/mol. The van der Waals surface area contributed by atoms with Crippen LogP contribution in [0, 0.1) is 0 Å². The third-order valence-electron chi connectivity index (χ3n) is 13.1. The molecule has 1 aromatic heterocycles. The molecule has 0 radical (unpaired) electrons. The number of nitrogens with zero attached hydrogens (tertiary/aromatic N) is 2. The number of benzene rings is 8. The fraction of sp³-hybridized carbons (Fsp3) is 0.0909. The smallest absolute Gasteiger partial charge is 0.0726 e. The first-order valence-corrected chi connectivity index (χ1v) is 20.4. The molecule has 0 aliphatic heterocycles. The van der Waals surface area contributed by atoms with Crippen LogP contribution in [0.4, 0.5) is 17.1 Å². The third kappa shape index (κ3) is 4.59. The van der Waals surface area contributed by atoms with E-state index >= 15 is 0 Å². The Labute approximate surface area is 333 Å². The highest BCUT2D eigenvalue weighted by Crippen LogP contribution is 2.63. The van der Waals surface area contributed by atoms with Crippen molar-refractivity contribution in [3.63, 3.8) is 0 Å². The van der Waals surface area contributed by atoms with E-state index in [-0.39, 0.29) is 0 Å². The Kier molecular flexibility index (Phi) is 7.13. The number of rotatable bonds is 5. The van der Waals surface area contributed by atoms with E-state index in [0.717, 1.165) is 29.9 Å². The van der Waals surface area contributed by atoms with Crippen molar-refractivity contribution in [3.8, 4) is 27.9 Å². The molecule has 0 N–H and O–H groups in total. The van der Waals surface area contributed by atoms with Gasteiger partial charge in [0, 0.05) is 33.5 Å². The Bertz CT molecular complexity index is 3010. The topological polar surface area (TPSA) is 8.17 Å². The van der Waals surface area contributed by atoms with Crippen LogP contribution in [-0.2, 0) is 5.41 Å². The maximum atomic E-state index is 2.51. The minimum absolute atomic E-state index is 0.406. The number of aromatic nitrogens is 1. The zero-order valence-corrected chi connectivity index (χ0v) is 31.6. The zero-order valence-electron chi connectivity index (χ0n) is 31.6. The molecule has 0 amide bonds. The van der Waals surface area contributed by atoms with Gasteiger partial charge in [-0.05, 0) is 130 Å². The highest BCUT2D eigenvalue weighted by atomic mass is 15.1. The molecule has 1 heterocycles. The van der Waals surface area contributed by atoms with Gasteiger partial charge in [-0.1, -0.05) is 146 Å². The normalized spacial score (nSPS) is 15.8. The van der Waals surface area contributed by atoms with Crippen molar-refractivity contribution in [2.45, 2.75) is 30.6 Å². The molecule has 0 bridgehead atoms. The molecule has 12 rings (SSSR count). The lowest BCUT2D eigenvalue weighted by Gasteiger charge is -2.32.